The van der Waals surface area contributed by atoms with Crippen LogP contribution in [0.3, 0.4) is 0 Å². The highest BCUT2D eigenvalue weighted by Crippen LogP contribution is 2.02. The highest BCUT2D eigenvalue weighted by molar-refractivity contribution is 7.82. The summed E-state index contributed by atoms with van der Waals surface area (Å²) in [6.07, 6.45) is 1.68. The van der Waals surface area contributed by atoms with Crippen molar-refractivity contribution in [2.24, 2.45) is 0 Å². The number of thiocarbonyl (C=S) groups is 1. The zero-order valence-corrected chi connectivity index (χ0v) is 6.43. The number of hydrogen-bond acceptors (Lipinski definition) is 3. The molecular formula is C7H6O3S. The minimum absolute atomic E-state index is 0.0278. The van der Waals surface area contributed by atoms with E-state index in [-0.39, 0.29) is 11.3 Å². The lowest BCUT2D eigenvalue weighted by molar-refractivity contribution is -0.129. The first-order valence-electron chi connectivity index (χ1n) is 2.98. The number of hydrogen-bond donors (Lipinski definition) is 1. The van der Waals surface area contributed by atoms with E-state index in [0.29, 0.717) is 5.76 Å². The summed E-state index contributed by atoms with van der Waals surface area (Å²) in [4.78, 5) is 10.2. The van der Waals surface area contributed by atoms with Crippen molar-refractivity contribution < 1.29 is 14.3 Å². The molecule has 0 amide bonds. The van der Waals surface area contributed by atoms with Crippen molar-refractivity contribution in [2.45, 2.75) is 6.42 Å². The van der Waals surface area contributed by atoms with Crippen molar-refractivity contribution in [1.29, 1.82) is 0 Å². The highest BCUT2D eigenvalue weighted by atomic mass is 32.1. The lowest BCUT2D eigenvalue weighted by Gasteiger charge is -1.92. The summed E-state index contributed by atoms with van der Waals surface area (Å²) in [6.45, 7) is 0. The molecule has 0 fully saturated rings. The first kappa shape index (κ1) is 7.94. The Morgan fingerprint density at radius 2 is 2.45 bits per heavy atom. The monoisotopic (exact) mass is 170 g/mol. The van der Waals surface area contributed by atoms with Crippen molar-refractivity contribution in [3.8, 4) is 0 Å². The Labute approximate surface area is 68.6 Å². The number of rotatable bonds is 3. The number of aliphatic carboxylic acids is 1. The van der Waals surface area contributed by atoms with Crippen LogP contribution in [0.25, 0.3) is 0 Å². The van der Waals surface area contributed by atoms with Crippen LogP contribution in [0.15, 0.2) is 22.8 Å². The maximum absolute atomic E-state index is 10.2. The third-order valence-corrected chi connectivity index (χ3v) is 1.47. The minimum Gasteiger partial charge on any atom is -0.477 e. The van der Waals surface area contributed by atoms with Gasteiger partial charge in [0.1, 0.15) is 10.6 Å². The van der Waals surface area contributed by atoms with Crippen LogP contribution in [0.5, 0.6) is 0 Å². The molecule has 1 rings (SSSR count). The SMILES string of the molecule is O=C(O)C(=S)Cc1ccco1. The average Bonchev–Trinajstić information content (AvgIpc) is 2.39. The van der Waals surface area contributed by atoms with Gasteiger partial charge in [-0.2, -0.15) is 0 Å². The number of carboxylic acids is 1. The van der Waals surface area contributed by atoms with Crippen LogP contribution >= 0.6 is 12.2 Å². The van der Waals surface area contributed by atoms with Crippen LogP contribution in [-0.2, 0) is 11.2 Å². The fourth-order valence-electron chi connectivity index (χ4n) is 0.647. The second-order valence-corrected chi connectivity index (χ2v) is 2.48. The van der Waals surface area contributed by atoms with Crippen LogP contribution in [0.4, 0.5) is 0 Å². The molecule has 0 atom stereocenters. The maximum atomic E-state index is 10.2. The van der Waals surface area contributed by atoms with Crippen LogP contribution in [0.2, 0.25) is 0 Å². The summed E-state index contributed by atoms with van der Waals surface area (Å²) in [5.74, 6) is -0.478. The third kappa shape index (κ3) is 2.16. The summed E-state index contributed by atoms with van der Waals surface area (Å²) in [7, 11) is 0. The molecule has 3 nitrogen and oxygen atoms in total. The Balaban J connectivity index is 2.57. The number of carboxylic acid groups (broad SMARTS) is 1. The molecule has 0 radical (unpaired) electrons. The quantitative estimate of drug-likeness (QED) is 0.694. The summed E-state index contributed by atoms with van der Waals surface area (Å²) in [5.41, 5.74) is 0. The summed E-state index contributed by atoms with van der Waals surface area (Å²) in [6, 6.07) is 3.38. The summed E-state index contributed by atoms with van der Waals surface area (Å²) >= 11 is 4.57. The van der Waals surface area contributed by atoms with Gasteiger partial charge in [0.25, 0.3) is 0 Å². The van der Waals surface area contributed by atoms with Crippen molar-refractivity contribution in [3.05, 3.63) is 24.2 Å². The van der Waals surface area contributed by atoms with Gasteiger partial charge in [0, 0.05) is 6.42 Å². The Bertz CT molecular complexity index is 263. The van der Waals surface area contributed by atoms with E-state index < -0.39 is 5.97 Å². The van der Waals surface area contributed by atoms with Gasteiger partial charge in [-0.3, -0.25) is 0 Å². The van der Waals surface area contributed by atoms with Crippen LogP contribution in [0.1, 0.15) is 5.76 Å². The van der Waals surface area contributed by atoms with E-state index in [9.17, 15) is 4.79 Å². The molecule has 58 valence electrons. The molecule has 0 saturated carbocycles. The summed E-state index contributed by atoms with van der Waals surface area (Å²) in [5, 5.41) is 8.40. The standard InChI is InChI=1S/C7H6O3S/c8-7(9)6(11)4-5-2-1-3-10-5/h1-3H,4H2,(H,8,9). The van der Waals surface area contributed by atoms with E-state index in [1.807, 2.05) is 0 Å². The smallest absolute Gasteiger partial charge is 0.342 e. The Hall–Kier alpha value is -1.16. The Morgan fingerprint density at radius 3 is 2.91 bits per heavy atom. The van der Waals surface area contributed by atoms with Crippen molar-refractivity contribution in [2.75, 3.05) is 0 Å². The predicted molar refractivity (Wildman–Crippen MR) is 42.6 cm³/mol. The van der Waals surface area contributed by atoms with Crippen LogP contribution in [0, 0.1) is 0 Å². The predicted octanol–water partition coefficient (Wildman–Crippen LogP) is 1.28. The van der Waals surface area contributed by atoms with E-state index in [2.05, 4.69) is 12.2 Å². The van der Waals surface area contributed by atoms with Crippen molar-refractivity contribution in [3.63, 3.8) is 0 Å². The van der Waals surface area contributed by atoms with Gasteiger partial charge in [-0.05, 0) is 12.1 Å². The first-order valence-corrected chi connectivity index (χ1v) is 3.39. The lowest BCUT2D eigenvalue weighted by atomic mass is 10.2. The molecule has 4 heteroatoms. The molecule has 1 heterocycles. The van der Waals surface area contributed by atoms with E-state index in [4.69, 9.17) is 9.52 Å². The maximum Gasteiger partial charge on any atom is 0.342 e. The first-order chi connectivity index (χ1) is 5.20. The Morgan fingerprint density at radius 1 is 1.73 bits per heavy atom. The molecule has 1 N–H and O–H groups in total. The average molecular weight is 170 g/mol. The fourth-order valence-corrected chi connectivity index (χ4v) is 0.789. The molecule has 0 saturated heterocycles. The molecule has 1 aromatic rings. The van der Waals surface area contributed by atoms with Gasteiger partial charge in [0.15, 0.2) is 0 Å². The van der Waals surface area contributed by atoms with Gasteiger partial charge in [-0.25, -0.2) is 4.79 Å². The van der Waals surface area contributed by atoms with E-state index in [1.54, 1.807) is 12.1 Å². The second kappa shape index (κ2) is 3.30. The van der Waals surface area contributed by atoms with Gasteiger partial charge >= 0.3 is 5.97 Å². The molecule has 0 bridgehead atoms. The molecular weight excluding hydrogens is 164 g/mol. The summed E-state index contributed by atoms with van der Waals surface area (Å²) < 4.78 is 4.90. The van der Waals surface area contributed by atoms with E-state index in [1.165, 1.54) is 6.26 Å². The van der Waals surface area contributed by atoms with Gasteiger partial charge in [0.2, 0.25) is 0 Å². The van der Waals surface area contributed by atoms with Gasteiger partial charge in [-0.15, -0.1) is 0 Å². The third-order valence-electron chi connectivity index (χ3n) is 1.15. The van der Waals surface area contributed by atoms with E-state index in [0.717, 1.165) is 0 Å². The number of furan rings is 1. The van der Waals surface area contributed by atoms with Crippen molar-refractivity contribution in [1.82, 2.24) is 0 Å². The fraction of sp³-hybridized carbons (Fsp3) is 0.143. The van der Waals surface area contributed by atoms with Gasteiger partial charge in [-0.1, -0.05) is 12.2 Å². The normalized spacial score (nSPS) is 9.45. The zero-order chi connectivity index (χ0) is 8.27. The molecule has 0 unspecified atom stereocenters. The molecule has 0 aromatic carbocycles. The van der Waals surface area contributed by atoms with Crippen molar-refractivity contribution >= 4 is 23.1 Å². The van der Waals surface area contributed by atoms with Gasteiger partial charge < -0.3 is 9.52 Å². The topological polar surface area (TPSA) is 50.4 Å². The molecule has 0 spiro atoms. The molecule has 11 heavy (non-hydrogen) atoms. The molecule has 0 aliphatic heterocycles. The minimum atomic E-state index is -1.06. The Kier molecular flexibility index (Phi) is 2.38. The van der Waals surface area contributed by atoms with E-state index >= 15 is 0 Å². The highest BCUT2D eigenvalue weighted by Gasteiger charge is 2.08. The molecule has 0 aliphatic rings. The second-order valence-electron chi connectivity index (χ2n) is 1.98. The number of carbonyl (C=O) groups is 1. The lowest BCUT2D eigenvalue weighted by Crippen LogP contribution is -2.12. The van der Waals surface area contributed by atoms with Gasteiger partial charge in [0.05, 0.1) is 6.26 Å². The van der Waals surface area contributed by atoms with Crippen LogP contribution < -0.4 is 0 Å². The largest absolute Gasteiger partial charge is 0.477 e. The zero-order valence-electron chi connectivity index (χ0n) is 5.61. The molecule has 0 aliphatic carbocycles. The molecule has 1 aromatic heterocycles. The van der Waals surface area contributed by atoms with Crippen LogP contribution in [-0.4, -0.2) is 15.9 Å².